The van der Waals surface area contributed by atoms with E-state index in [4.69, 9.17) is 14.7 Å². The Hall–Kier alpha value is -3.20. The van der Waals surface area contributed by atoms with Gasteiger partial charge in [0.25, 0.3) is 0 Å². The lowest BCUT2D eigenvalue weighted by Gasteiger charge is -2.23. The third-order valence-electron chi connectivity index (χ3n) is 7.33. The number of allylic oxidation sites excluding steroid dienone is 1. The van der Waals surface area contributed by atoms with E-state index in [1.165, 1.54) is 41.5 Å². The molecule has 0 spiro atoms. The van der Waals surface area contributed by atoms with E-state index in [1.54, 1.807) is 0 Å². The number of hydrogen-bond donors (Lipinski definition) is 0. The Labute approximate surface area is 189 Å². The highest BCUT2D eigenvalue weighted by molar-refractivity contribution is 5.95. The van der Waals surface area contributed by atoms with Crippen LogP contribution in [0, 0.1) is 0 Å². The van der Waals surface area contributed by atoms with Crippen LogP contribution < -0.4 is 4.74 Å². The summed E-state index contributed by atoms with van der Waals surface area (Å²) in [5, 5.41) is 0. The van der Waals surface area contributed by atoms with Crippen LogP contribution in [0.4, 0.5) is 0 Å². The zero-order chi connectivity index (χ0) is 21.7. The highest BCUT2D eigenvalue weighted by atomic mass is 16.5. The number of fused-ring (bicyclic) bond motifs is 5. The Morgan fingerprint density at radius 3 is 2.53 bits per heavy atom. The number of nitrogens with zero attached hydrogens (tertiary/aromatic N) is 2. The van der Waals surface area contributed by atoms with Crippen LogP contribution in [0.25, 0.3) is 11.3 Å². The molecule has 1 fully saturated rings. The molecule has 1 saturated carbocycles. The molecule has 0 radical (unpaired) electrons. The molecule has 0 N–H and O–H groups in total. The lowest BCUT2D eigenvalue weighted by molar-refractivity contribution is 0.301. The SMILES string of the molecule is CC1=NC(C)(c2cccc(-c3ccc(OCc4ccccc4)c4c3C3CCC4C3)n2)C=C1. The average molecular weight is 421 g/mol. The van der Waals surface area contributed by atoms with Gasteiger partial charge in [-0.3, -0.25) is 4.99 Å². The van der Waals surface area contributed by atoms with Crippen LogP contribution in [-0.4, -0.2) is 10.7 Å². The van der Waals surface area contributed by atoms with Gasteiger partial charge in [0.2, 0.25) is 0 Å². The van der Waals surface area contributed by atoms with Crippen LogP contribution in [0.15, 0.2) is 77.8 Å². The zero-order valence-corrected chi connectivity index (χ0v) is 18.7. The second-order valence-corrected chi connectivity index (χ2v) is 9.56. The van der Waals surface area contributed by atoms with Crippen LogP contribution in [0.3, 0.4) is 0 Å². The fourth-order valence-electron chi connectivity index (χ4n) is 5.80. The second kappa shape index (κ2) is 7.44. The smallest absolute Gasteiger partial charge is 0.123 e. The molecule has 1 aromatic heterocycles. The van der Waals surface area contributed by atoms with Gasteiger partial charge in [-0.15, -0.1) is 0 Å². The fourth-order valence-corrected chi connectivity index (χ4v) is 5.80. The van der Waals surface area contributed by atoms with Crippen molar-refractivity contribution in [2.24, 2.45) is 4.99 Å². The first-order chi connectivity index (χ1) is 15.6. The first kappa shape index (κ1) is 19.5. The van der Waals surface area contributed by atoms with Crippen molar-refractivity contribution >= 4 is 5.71 Å². The van der Waals surface area contributed by atoms with E-state index >= 15 is 0 Å². The van der Waals surface area contributed by atoms with Crippen molar-refractivity contribution in [1.82, 2.24) is 4.98 Å². The minimum absolute atomic E-state index is 0.374. The van der Waals surface area contributed by atoms with Crippen molar-refractivity contribution in [3.05, 3.63) is 95.2 Å². The van der Waals surface area contributed by atoms with Crippen LogP contribution in [0.2, 0.25) is 0 Å². The Balaban J connectivity index is 1.39. The molecule has 2 bridgehead atoms. The number of hydrogen-bond acceptors (Lipinski definition) is 3. The van der Waals surface area contributed by atoms with E-state index < -0.39 is 0 Å². The van der Waals surface area contributed by atoms with Gasteiger partial charge in [-0.2, -0.15) is 0 Å². The summed E-state index contributed by atoms with van der Waals surface area (Å²) < 4.78 is 6.36. The Morgan fingerprint density at radius 2 is 1.75 bits per heavy atom. The standard InChI is InChI=1S/C29H28N2O/c1-19-15-16-29(2,31-19)26-10-6-9-24(30-26)23-13-14-25(32-18-20-7-4-3-5-8-20)28-22-12-11-21(17-22)27(23)28/h3-10,13-16,21-22H,11-12,17-18H2,1-2H3. The molecule has 0 saturated heterocycles. The predicted molar refractivity (Wildman–Crippen MR) is 129 cm³/mol. The average Bonchev–Trinajstić information content (AvgIpc) is 3.54. The van der Waals surface area contributed by atoms with E-state index in [2.05, 4.69) is 73.7 Å². The summed E-state index contributed by atoms with van der Waals surface area (Å²) in [6, 6.07) is 21.2. The Kier molecular flexibility index (Phi) is 4.53. The van der Waals surface area contributed by atoms with Crippen molar-refractivity contribution < 1.29 is 4.74 Å². The summed E-state index contributed by atoms with van der Waals surface area (Å²) in [7, 11) is 0. The van der Waals surface area contributed by atoms with Crippen molar-refractivity contribution in [2.45, 2.75) is 57.1 Å². The monoisotopic (exact) mass is 420 g/mol. The van der Waals surface area contributed by atoms with Crippen molar-refractivity contribution in [2.75, 3.05) is 0 Å². The quantitative estimate of drug-likeness (QED) is 0.448. The van der Waals surface area contributed by atoms with Gasteiger partial charge in [0, 0.05) is 16.8 Å². The number of pyridine rings is 1. The van der Waals surface area contributed by atoms with E-state index in [0.717, 1.165) is 22.8 Å². The topological polar surface area (TPSA) is 34.5 Å². The van der Waals surface area contributed by atoms with Gasteiger partial charge in [0.1, 0.15) is 17.9 Å². The molecule has 3 aromatic rings. The van der Waals surface area contributed by atoms with Gasteiger partial charge < -0.3 is 4.74 Å². The van der Waals surface area contributed by atoms with E-state index in [0.29, 0.717) is 18.4 Å². The summed E-state index contributed by atoms with van der Waals surface area (Å²) in [4.78, 5) is 9.94. The highest BCUT2D eigenvalue weighted by Gasteiger charge is 2.41. The van der Waals surface area contributed by atoms with Gasteiger partial charge in [-0.1, -0.05) is 36.4 Å². The molecule has 32 heavy (non-hydrogen) atoms. The van der Waals surface area contributed by atoms with E-state index in [1.807, 2.05) is 13.0 Å². The molecule has 1 aliphatic heterocycles. The number of rotatable bonds is 5. The van der Waals surface area contributed by atoms with Gasteiger partial charge in [0.05, 0.1) is 11.4 Å². The van der Waals surface area contributed by atoms with Crippen LogP contribution in [0.1, 0.15) is 67.3 Å². The minimum Gasteiger partial charge on any atom is -0.489 e. The number of aliphatic imine (C=N–C) groups is 1. The summed E-state index contributed by atoms with van der Waals surface area (Å²) >= 11 is 0. The van der Waals surface area contributed by atoms with Gasteiger partial charge in [-0.25, -0.2) is 4.98 Å². The molecular weight excluding hydrogens is 392 g/mol. The number of aromatic nitrogens is 1. The van der Waals surface area contributed by atoms with Crippen LogP contribution in [0.5, 0.6) is 5.75 Å². The third kappa shape index (κ3) is 3.19. The van der Waals surface area contributed by atoms with Gasteiger partial charge >= 0.3 is 0 Å². The third-order valence-corrected chi connectivity index (χ3v) is 7.33. The second-order valence-electron chi connectivity index (χ2n) is 9.56. The highest BCUT2D eigenvalue weighted by Crippen LogP contribution is 2.58. The molecule has 3 heteroatoms. The fraction of sp³-hybridized carbons (Fsp3) is 0.310. The lowest BCUT2D eigenvalue weighted by Crippen LogP contribution is -2.16. The maximum Gasteiger partial charge on any atom is 0.123 e. The molecule has 3 atom stereocenters. The summed E-state index contributed by atoms with van der Waals surface area (Å²) in [5.74, 6) is 2.30. The zero-order valence-electron chi connectivity index (χ0n) is 18.7. The molecule has 2 aromatic carbocycles. The minimum atomic E-state index is -0.374. The molecule has 3 nitrogen and oxygen atoms in total. The molecule has 3 aliphatic rings. The van der Waals surface area contributed by atoms with Crippen molar-refractivity contribution in [1.29, 1.82) is 0 Å². The number of benzene rings is 2. The molecule has 2 heterocycles. The molecule has 0 amide bonds. The Bertz CT molecular complexity index is 1240. The summed E-state index contributed by atoms with van der Waals surface area (Å²) in [5.41, 5.74) is 8.12. The van der Waals surface area contributed by atoms with Crippen molar-refractivity contribution in [3.8, 4) is 17.0 Å². The Morgan fingerprint density at radius 1 is 0.938 bits per heavy atom. The molecular formula is C29H28N2O. The van der Waals surface area contributed by atoms with Crippen molar-refractivity contribution in [3.63, 3.8) is 0 Å². The molecule has 3 unspecified atom stereocenters. The largest absolute Gasteiger partial charge is 0.489 e. The van der Waals surface area contributed by atoms with Crippen LogP contribution >= 0.6 is 0 Å². The van der Waals surface area contributed by atoms with E-state index in [-0.39, 0.29) is 5.54 Å². The van der Waals surface area contributed by atoms with E-state index in [9.17, 15) is 0 Å². The number of ether oxygens (including phenoxy) is 1. The summed E-state index contributed by atoms with van der Waals surface area (Å²) in [6.07, 6.45) is 8.03. The van der Waals surface area contributed by atoms with Gasteiger partial charge in [-0.05, 0) is 92.5 Å². The van der Waals surface area contributed by atoms with Gasteiger partial charge in [0.15, 0.2) is 0 Å². The maximum atomic E-state index is 6.36. The maximum absolute atomic E-state index is 6.36. The normalized spacial score (nSPS) is 25.1. The molecule has 2 aliphatic carbocycles. The first-order valence-electron chi connectivity index (χ1n) is 11.7. The predicted octanol–water partition coefficient (Wildman–Crippen LogP) is 6.94. The first-order valence-corrected chi connectivity index (χ1v) is 11.7. The molecule has 6 rings (SSSR count). The molecule has 160 valence electrons. The summed E-state index contributed by atoms with van der Waals surface area (Å²) in [6.45, 7) is 4.79. The lowest BCUT2D eigenvalue weighted by atomic mass is 9.86. The van der Waals surface area contributed by atoms with Crippen LogP contribution in [-0.2, 0) is 12.1 Å².